The van der Waals surface area contributed by atoms with Crippen LogP contribution in [0.5, 0.6) is 5.75 Å². The highest BCUT2D eigenvalue weighted by Crippen LogP contribution is 2.46. The van der Waals surface area contributed by atoms with E-state index in [1.165, 1.54) is 15.9 Å². The molecule has 0 unspecified atom stereocenters. The number of benzene rings is 2. The van der Waals surface area contributed by atoms with E-state index < -0.39 is 68.6 Å². The molecule has 2 aliphatic carbocycles. The van der Waals surface area contributed by atoms with Crippen molar-refractivity contribution in [3.8, 4) is 5.75 Å². The minimum atomic E-state index is -3.89. The lowest BCUT2D eigenvalue weighted by Gasteiger charge is -2.30. The van der Waals surface area contributed by atoms with Gasteiger partial charge in [-0.25, -0.2) is 17.6 Å². The summed E-state index contributed by atoms with van der Waals surface area (Å²) in [5.41, 5.74) is 0.496. The van der Waals surface area contributed by atoms with Gasteiger partial charge in [-0.1, -0.05) is 49.3 Å². The highest BCUT2D eigenvalue weighted by Gasteiger charge is 2.62. The average molecular weight is 752 g/mol. The molecule has 2 aromatic rings. The Bertz CT molecular complexity index is 1900. The van der Waals surface area contributed by atoms with Gasteiger partial charge in [0.2, 0.25) is 21.8 Å². The number of nitrogens with zero attached hydrogens (tertiary/aromatic N) is 2. The van der Waals surface area contributed by atoms with Gasteiger partial charge in [0.15, 0.2) is 0 Å². The van der Waals surface area contributed by atoms with Gasteiger partial charge in [0, 0.05) is 31.0 Å². The van der Waals surface area contributed by atoms with E-state index >= 15 is 0 Å². The summed E-state index contributed by atoms with van der Waals surface area (Å²) >= 11 is 0. The zero-order valence-electron chi connectivity index (χ0n) is 29.7. The first-order chi connectivity index (χ1) is 25.5. The highest BCUT2D eigenvalue weighted by atomic mass is 32.2. The Kier molecular flexibility index (Phi) is 10.5. The second-order valence-electron chi connectivity index (χ2n) is 14.8. The number of nitrogens with one attached hydrogen (secondary N) is 3. The molecule has 15 heteroatoms. The van der Waals surface area contributed by atoms with Crippen molar-refractivity contribution >= 4 is 33.8 Å². The minimum Gasteiger partial charge on any atom is -0.497 e. The Balaban J connectivity index is 1.13. The van der Waals surface area contributed by atoms with Gasteiger partial charge in [0.25, 0.3) is 5.91 Å². The number of halogens is 1. The zero-order valence-corrected chi connectivity index (χ0v) is 30.5. The summed E-state index contributed by atoms with van der Waals surface area (Å²) in [4.78, 5) is 58.6. The van der Waals surface area contributed by atoms with Crippen LogP contribution in [0.2, 0.25) is 0 Å². The monoisotopic (exact) mass is 751 g/mol. The van der Waals surface area contributed by atoms with Crippen molar-refractivity contribution in [3.63, 3.8) is 0 Å². The number of hydrogen-bond donors (Lipinski definition) is 3. The van der Waals surface area contributed by atoms with Gasteiger partial charge in [0.05, 0.1) is 31.5 Å². The molecule has 5 atom stereocenters. The number of rotatable bonds is 8. The Hall–Kier alpha value is -4.50. The van der Waals surface area contributed by atoms with Gasteiger partial charge in [-0.2, -0.15) is 0 Å². The second kappa shape index (κ2) is 15.1. The lowest BCUT2D eigenvalue weighted by Crippen LogP contribution is -2.58. The lowest BCUT2D eigenvalue weighted by molar-refractivity contribution is -0.141. The van der Waals surface area contributed by atoms with Crippen LogP contribution in [0.3, 0.4) is 0 Å². The topological polar surface area (TPSA) is 163 Å². The number of carbonyl (C=O) groups is 4. The first kappa shape index (κ1) is 36.8. The maximum Gasteiger partial charge on any atom is 0.410 e. The fraction of sp³-hybridized carbons (Fsp3) is 0.526. The molecule has 0 bridgehead atoms. The maximum atomic E-state index is 14.5. The molecule has 0 radical (unpaired) electrons. The smallest absolute Gasteiger partial charge is 0.410 e. The molecule has 3 heterocycles. The summed E-state index contributed by atoms with van der Waals surface area (Å²) in [6.45, 7) is 0.476. The average Bonchev–Trinajstić information content (AvgIpc) is 4.02. The van der Waals surface area contributed by atoms with E-state index in [4.69, 9.17) is 9.47 Å². The van der Waals surface area contributed by atoms with Crippen molar-refractivity contribution in [2.75, 3.05) is 13.7 Å². The van der Waals surface area contributed by atoms with Crippen LogP contribution in [0, 0.1) is 11.7 Å². The van der Waals surface area contributed by atoms with E-state index in [-0.39, 0.29) is 38.4 Å². The largest absolute Gasteiger partial charge is 0.497 e. The molecule has 5 aliphatic rings. The molecule has 284 valence electrons. The third-order valence-corrected chi connectivity index (χ3v) is 12.8. The van der Waals surface area contributed by atoms with Gasteiger partial charge in [0.1, 0.15) is 29.3 Å². The van der Waals surface area contributed by atoms with Crippen molar-refractivity contribution < 1.29 is 41.5 Å². The van der Waals surface area contributed by atoms with Crippen molar-refractivity contribution in [1.82, 2.24) is 25.2 Å². The number of amides is 4. The van der Waals surface area contributed by atoms with E-state index in [0.29, 0.717) is 42.7 Å². The third-order valence-electron chi connectivity index (χ3n) is 11.0. The summed E-state index contributed by atoms with van der Waals surface area (Å²) in [6.07, 6.45) is 7.00. The number of allylic oxidation sites excluding steroid dienone is 1. The summed E-state index contributed by atoms with van der Waals surface area (Å²) in [6, 6.07) is 10.4. The predicted molar refractivity (Wildman–Crippen MR) is 191 cm³/mol. The lowest BCUT2D eigenvalue weighted by atomic mass is 10.0. The molecule has 0 aromatic heterocycles. The van der Waals surface area contributed by atoms with Crippen LogP contribution in [0.25, 0.3) is 0 Å². The molecule has 13 nitrogen and oxygen atoms in total. The first-order valence-electron chi connectivity index (χ1n) is 18.4. The van der Waals surface area contributed by atoms with E-state index in [1.807, 2.05) is 36.4 Å². The molecule has 0 spiro atoms. The SMILES string of the molecule is COc1cccc(CN[C@H]2CCCCCC=C[C@@H]3C[C@@]3(C(=O)NS(=O)(=O)C3CC3)NC(=O)[C@@H]3C[C@@H](OC(=O)N4Cc5cccc(F)c5C4)CN3C2=O)c1. The number of carbonyl (C=O) groups excluding carboxylic acids is 4. The fourth-order valence-corrected chi connectivity index (χ4v) is 9.02. The van der Waals surface area contributed by atoms with Crippen LogP contribution in [-0.4, -0.2) is 84.7 Å². The molecule has 7 rings (SSSR count). The third kappa shape index (κ3) is 8.05. The highest BCUT2D eigenvalue weighted by molar-refractivity contribution is 7.91. The summed E-state index contributed by atoms with van der Waals surface area (Å²) in [5.74, 6) is -1.94. The summed E-state index contributed by atoms with van der Waals surface area (Å²) < 4.78 is 53.5. The molecular weight excluding hydrogens is 706 g/mol. The van der Waals surface area contributed by atoms with Gasteiger partial charge >= 0.3 is 6.09 Å². The van der Waals surface area contributed by atoms with Gasteiger partial charge in [-0.15, -0.1) is 0 Å². The van der Waals surface area contributed by atoms with Crippen LogP contribution in [0.1, 0.15) is 74.5 Å². The standard InChI is InChI=1S/C38H46FN5O8S/c1-51-27-12-7-9-24(17-27)20-40-32-14-6-4-2-3-5-11-26-19-38(26,36(47)42-53(49,50)29-15-16-29)41-34(45)33-18-28(22-44(33)35(32)46)52-37(48)43-21-25-10-8-13-31(39)30(25)23-43/h5,7-13,17,26,28-29,32-33,40H,2-4,6,14-16,18-23H2,1H3,(H,41,45)(H,42,47)/t26-,28-,32+,33+,38-/m1/s1. The van der Waals surface area contributed by atoms with Crippen LogP contribution in [0.4, 0.5) is 9.18 Å². The normalized spacial score (nSPS) is 27.4. The first-order valence-corrected chi connectivity index (χ1v) is 20.0. The van der Waals surface area contributed by atoms with E-state index in [9.17, 15) is 32.0 Å². The Morgan fingerprint density at radius 3 is 2.64 bits per heavy atom. The molecule has 2 aromatic carbocycles. The van der Waals surface area contributed by atoms with Gasteiger partial charge in [-0.05, 0) is 67.9 Å². The number of sulfonamides is 1. The summed E-state index contributed by atoms with van der Waals surface area (Å²) in [5, 5.41) is 5.61. The van der Waals surface area contributed by atoms with Crippen molar-refractivity contribution in [2.45, 2.75) is 106 Å². The van der Waals surface area contributed by atoms with Crippen LogP contribution >= 0.6 is 0 Å². The van der Waals surface area contributed by atoms with Crippen LogP contribution < -0.4 is 20.1 Å². The number of methoxy groups -OCH3 is 1. The van der Waals surface area contributed by atoms with Crippen LogP contribution in [-0.2, 0) is 48.8 Å². The Labute approximate surface area is 308 Å². The predicted octanol–water partition coefficient (Wildman–Crippen LogP) is 3.42. The Morgan fingerprint density at radius 2 is 1.87 bits per heavy atom. The van der Waals surface area contributed by atoms with Crippen molar-refractivity contribution in [1.29, 1.82) is 0 Å². The molecule has 1 saturated heterocycles. The van der Waals surface area contributed by atoms with E-state index in [2.05, 4.69) is 15.4 Å². The minimum absolute atomic E-state index is 0.0344. The molecule has 3 aliphatic heterocycles. The Morgan fingerprint density at radius 1 is 1.06 bits per heavy atom. The number of hydrogen-bond acceptors (Lipinski definition) is 9. The van der Waals surface area contributed by atoms with Crippen molar-refractivity contribution in [2.24, 2.45) is 5.92 Å². The van der Waals surface area contributed by atoms with Crippen LogP contribution in [0.15, 0.2) is 54.6 Å². The quantitative estimate of drug-likeness (QED) is 0.343. The molecule has 4 amide bonds. The molecule has 3 N–H and O–H groups in total. The molecular formula is C38H46FN5O8S. The number of fused-ring (bicyclic) bond motifs is 3. The van der Waals surface area contributed by atoms with Crippen molar-refractivity contribution in [3.05, 3.63) is 77.1 Å². The maximum absolute atomic E-state index is 14.5. The number of ether oxygens (including phenoxy) is 2. The second-order valence-corrected chi connectivity index (χ2v) is 16.7. The van der Waals surface area contributed by atoms with Gasteiger partial charge in [-0.3, -0.25) is 24.0 Å². The van der Waals surface area contributed by atoms with E-state index in [0.717, 1.165) is 31.2 Å². The molecule has 53 heavy (non-hydrogen) atoms. The summed E-state index contributed by atoms with van der Waals surface area (Å²) in [7, 11) is -2.31. The molecule has 3 fully saturated rings. The molecule has 2 saturated carbocycles. The fourth-order valence-electron chi connectivity index (χ4n) is 7.65. The van der Waals surface area contributed by atoms with Gasteiger partial charge < -0.3 is 25.0 Å². The van der Waals surface area contributed by atoms with E-state index in [1.54, 1.807) is 19.2 Å². The zero-order chi connectivity index (χ0) is 37.3.